The minimum atomic E-state index is -1.89. The van der Waals surface area contributed by atoms with Crippen molar-refractivity contribution >= 4 is 26.3 Å². The molecule has 0 spiro atoms. The van der Waals surface area contributed by atoms with Crippen LogP contribution < -0.4 is 10.6 Å². The van der Waals surface area contributed by atoms with Crippen LogP contribution in [0.4, 0.5) is 4.79 Å². The molecule has 270 valence electrons. The van der Waals surface area contributed by atoms with E-state index in [-0.39, 0.29) is 35.7 Å². The average Bonchev–Trinajstić information content (AvgIpc) is 3.43. The Morgan fingerprint density at radius 2 is 1.34 bits per heavy atom. The number of amides is 2. The molecule has 3 aromatic rings. The molecule has 1 aliphatic heterocycles. The van der Waals surface area contributed by atoms with Gasteiger partial charge in [0.1, 0.15) is 17.2 Å². The van der Waals surface area contributed by atoms with Gasteiger partial charge in [0.05, 0.1) is 12.0 Å². The van der Waals surface area contributed by atoms with Crippen LogP contribution in [0.15, 0.2) is 91.0 Å². The number of hydrogen-bond donors (Lipinski definition) is 2. The molecule has 0 saturated carbocycles. The molecule has 0 aliphatic carbocycles. The molecule has 9 heteroatoms. The number of cyclic esters (lactones) is 1. The normalized spacial score (nSPS) is 17.5. The minimum absolute atomic E-state index is 0.0772. The second-order valence-corrected chi connectivity index (χ2v) is 20.7. The highest BCUT2D eigenvalue weighted by molar-refractivity contribution is 6.74. The van der Waals surface area contributed by atoms with Crippen LogP contribution in [0.2, 0.25) is 18.1 Å². The third kappa shape index (κ3) is 10.1. The molecule has 1 saturated heterocycles. The van der Waals surface area contributed by atoms with Crippen molar-refractivity contribution in [3.63, 3.8) is 0 Å². The number of alkyl carbamates (subject to hydrolysis) is 1. The van der Waals surface area contributed by atoms with Crippen molar-refractivity contribution < 1.29 is 28.3 Å². The van der Waals surface area contributed by atoms with Crippen molar-refractivity contribution in [3.05, 3.63) is 108 Å². The fraction of sp³-hybridized carbons (Fsp3) is 0.488. The average molecular weight is 701 g/mol. The number of nitrogens with one attached hydrogen (secondary N) is 2. The van der Waals surface area contributed by atoms with Crippen molar-refractivity contribution in [3.8, 4) is 0 Å². The van der Waals surface area contributed by atoms with Crippen LogP contribution in [-0.2, 0) is 29.0 Å². The SMILES string of the molecule is CC(C)(C)OC(=O)N[C@@H](CCC(=O)NC(c1ccccc1)(c1ccccc1)c1ccccc1)[C@H]1C[C@@H](CCCO[Si](C)(C)C(C)(C)C)C(=O)O1. The number of rotatable bonds is 14. The van der Waals surface area contributed by atoms with Crippen LogP contribution in [0.3, 0.4) is 0 Å². The first-order valence-electron chi connectivity index (χ1n) is 17.8. The summed E-state index contributed by atoms with van der Waals surface area (Å²) in [5, 5.41) is 6.44. The van der Waals surface area contributed by atoms with Crippen molar-refractivity contribution in [1.82, 2.24) is 10.6 Å². The van der Waals surface area contributed by atoms with Crippen LogP contribution in [0.5, 0.6) is 0 Å². The molecule has 4 rings (SSSR count). The lowest BCUT2D eigenvalue weighted by Crippen LogP contribution is -2.49. The van der Waals surface area contributed by atoms with Gasteiger partial charge in [-0.05, 0) is 81.3 Å². The minimum Gasteiger partial charge on any atom is -0.460 e. The van der Waals surface area contributed by atoms with Crippen molar-refractivity contribution in [2.75, 3.05) is 6.61 Å². The standard InChI is InChI=1S/C41H56N2O6Si/c1-39(2,3)49-38(46)42-34(35-29-30(37(45)48-35)19-18-28-47-50(7,8)40(4,5)6)26-27-36(44)43-41(31-20-12-9-13-21-31,32-22-14-10-15-23-32)33-24-16-11-17-25-33/h9-17,20-25,30,34-35H,18-19,26-29H2,1-8H3,(H,42,46)(H,43,44)/t30-,34+,35-/m1/s1. The Morgan fingerprint density at radius 3 is 1.80 bits per heavy atom. The molecule has 50 heavy (non-hydrogen) atoms. The molecule has 3 aromatic carbocycles. The van der Waals surface area contributed by atoms with Crippen LogP contribution in [0, 0.1) is 5.92 Å². The molecule has 1 heterocycles. The number of ether oxygens (including phenoxy) is 2. The molecular weight excluding hydrogens is 645 g/mol. The third-order valence-corrected chi connectivity index (χ3v) is 14.4. The summed E-state index contributed by atoms with van der Waals surface area (Å²) < 4.78 is 17.8. The molecule has 0 aromatic heterocycles. The Labute approximate surface area is 299 Å². The molecule has 3 atom stereocenters. The van der Waals surface area contributed by atoms with Gasteiger partial charge >= 0.3 is 12.1 Å². The van der Waals surface area contributed by atoms with Crippen LogP contribution in [-0.4, -0.2) is 50.6 Å². The topological polar surface area (TPSA) is 103 Å². The van der Waals surface area contributed by atoms with Gasteiger partial charge in [-0.2, -0.15) is 0 Å². The summed E-state index contributed by atoms with van der Waals surface area (Å²) in [6.07, 6.45) is 0.951. The zero-order valence-electron chi connectivity index (χ0n) is 31.1. The molecule has 8 nitrogen and oxygen atoms in total. The van der Waals surface area contributed by atoms with Gasteiger partial charge in [0, 0.05) is 13.0 Å². The lowest BCUT2D eigenvalue weighted by Gasteiger charge is -2.37. The summed E-state index contributed by atoms with van der Waals surface area (Å²) in [5.41, 5.74) is 1.07. The molecule has 0 unspecified atom stereocenters. The van der Waals surface area contributed by atoms with Crippen molar-refractivity contribution in [1.29, 1.82) is 0 Å². The second-order valence-electron chi connectivity index (χ2n) is 15.8. The quantitative estimate of drug-likeness (QED) is 0.0757. The van der Waals surface area contributed by atoms with Gasteiger partial charge in [-0.15, -0.1) is 0 Å². The highest BCUT2D eigenvalue weighted by Gasteiger charge is 2.42. The highest BCUT2D eigenvalue weighted by atomic mass is 28.4. The molecule has 2 amide bonds. The molecular formula is C41H56N2O6Si. The van der Waals surface area contributed by atoms with Crippen molar-refractivity contribution in [2.45, 2.75) is 115 Å². The van der Waals surface area contributed by atoms with E-state index in [1.165, 1.54) is 0 Å². The zero-order valence-corrected chi connectivity index (χ0v) is 32.1. The zero-order chi connectivity index (χ0) is 36.6. The van der Waals surface area contributed by atoms with Gasteiger partial charge in [0.25, 0.3) is 0 Å². The van der Waals surface area contributed by atoms with E-state index in [0.29, 0.717) is 19.4 Å². The summed E-state index contributed by atoms with van der Waals surface area (Å²) in [5.74, 6) is -0.790. The predicted octanol–water partition coefficient (Wildman–Crippen LogP) is 8.50. The number of esters is 1. The van der Waals surface area contributed by atoms with Gasteiger partial charge in [0.15, 0.2) is 8.32 Å². The fourth-order valence-corrected chi connectivity index (χ4v) is 7.26. The third-order valence-electron chi connectivity index (χ3n) is 9.86. The van der Waals surface area contributed by atoms with E-state index in [1.54, 1.807) is 20.8 Å². The Balaban J connectivity index is 1.52. The fourth-order valence-electron chi connectivity index (χ4n) is 6.17. The van der Waals surface area contributed by atoms with E-state index in [1.807, 2.05) is 91.0 Å². The van der Waals surface area contributed by atoms with Crippen LogP contribution in [0.25, 0.3) is 0 Å². The summed E-state index contributed by atoms with van der Waals surface area (Å²) in [6.45, 7) is 17.0. The second kappa shape index (κ2) is 16.4. The summed E-state index contributed by atoms with van der Waals surface area (Å²) in [6, 6.07) is 29.1. The Bertz CT molecular complexity index is 1450. The highest BCUT2D eigenvalue weighted by Crippen LogP contribution is 2.38. The molecule has 1 aliphatic rings. The largest absolute Gasteiger partial charge is 0.460 e. The van der Waals surface area contributed by atoms with E-state index in [4.69, 9.17) is 13.9 Å². The summed E-state index contributed by atoms with van der Waals surface area (Å²) in [7, 11) is -1.89. The van der Waals surface area contributed by atoms with E-state index in [9.17, 15) is 14.4 Å². The maximum atomic E-state index is 14.1. The number of hydrogen-bond acceptors (Lipinski definition) is 6. The summed E-state index contributed by atoms with van der Waals surface area (Å²) in [4.78, 5) is 40.2. The van der Waals surface area contributed by atoms with Crippen LogP contribution >= 0.6 is 0 Å². The smallest absolute Gasteiger partial charge is 0.408 e. The first-order valence-corrected chi connectivity index (χ1v) is 20.7. The monoisotopic (exact) mass is 700 g/mol. The number of carbonyl (C=O) groups is 3. The molecule has 1 fully saturated rings. The van der Waals surface area contributed by atoms with Gasteiger partial charge in [-0.1, -0.05) is 112 Å². The maximum absolute atomic E-state index is 14.1. The Morgan fingerprint density at radius 1 is 0.840 bits per heavy atom. The van der Waals surface area contributed by atoms with Gasteiger partial charge in [-0.25, -0.2) is 4.79 Å². The van der Waals surface area contributed by atoms with Crippen LogP contribution in [0.1, 0.15) is 90.3 Å². The molecule has 0 bridgehead atoms. The van der Waals surface area contributed by atoms with Gasteiger partial charge in [-0.3, -0.25) is 9.59 Å². The van der Waals surface area contributed by atoms with E-state index in [0.717, 1.165) is 23.1 Å². The van der Waals surface area contributed by atoms with Crippen molar-refractivity contribution in [2.24, 2.45) is 5.92 Å². The first kappa shape index (κ1) is 38.8. The van der Waals surface area contributed by atoms with Gasteiger partial charge < -0.3 is 24.5 Å². The maximum Gasteiger partial charge on any atom is 0.408 e. The van der Waals surface area contributed by atoms with Gasteiger partial charge in [0.2, 0.25) is 5.91 Å². The first-order chi connectivity index (χ1) is 23.5. The van der Waals surface area contributed by atoms with E-state index in [2.05, 4.69) is 44.5 Å². The Kier molecular flexibility index (Phi) is 12.7. The predicted molar refractivity (Wildman–Crippen MR) is 200 cm³/mol. The lowest BCUT2D eigenvalue weighted by molar-refractivity contribution is -0.145. The number of benzene rings is 3. The molecule has 0 radical (unpaired) electrons. The van der Waals surface area contributed by atoms with E-state index < -0.39 is 37.7 Å². The van der Waals surface area contributed by atoms with E-state index >= 15 is 0 Å². The molecule has 2 N–H and O–H groups in total. The Hall–Kier alpha value is -3.95. The lowest BCUT2D eigenvalue weighted by atomic mass is 9.77. The number of carbonyl (C=O) groups excluding carboxylic acids is 3. The summed E-state index contributed by atoms with van der Waals surface area (Å²) >= 11 is 0.